The molecule has 0 radical (unpaired) electrons. The number of aryl methyl sites for hydroxylation is 1. The summed E-state index contributed by atoms with van der Waals surface area (Å²) in [5.74, 6) is 0.597. The molecule has 1 aromatic rings. The lowest BCUT2D eigenvalue weighted by molar-refractivity contribution is 0.255. The number of piperazine rings is 1. The number of nitrogens with two attached hydrogens (primary N) is 1. The predicted octanol–water partition coefficient (Wildman–Crippen LogP) is 0.124. The van der Waals surface area contributed by atoms with Crippen LogP contribution in [0.1, 0.15) is 19.8 Å². The molecule has 1 aliphatic rings. The number of aromatic nitrogens is 2. The summed E-state index contributed by atoms with van der Waals surface area (Å²) >= 11 is 0. The molecular weight excluding hydrogens is 254 g/mol. The van der Waals surface area contributed by atoms with Crippen molar-refractivity contribution < 1.29 is 0 Å². The summed E-state index contributed by atoms with van der Waals surface area (Å²) in [5.41, 5.74) is 5.57. The Labute approximate surface area is 120 Å². The Morgan fingerprint density at radius 3 is 2.65 bits per heavy atom. The summed E-state index contributed by atoms with van der Waals surface area (Å²) in [6.07, 6.45) is 5.49. The van der Waals surface area contributed by atoms with Gasteiger partial charge < -0.3 is 15.2 Å². The van der Waals surface area contributed by atoms with Crippen LogP contribution in [0.15, 0.2) is 17.2 Å². The van der Waals surface area contributed by atoms with Gasteiger partial charge in [0.25, 0.3) is 5.56 Å². The molecule has 0 unspecified atom stereocenters. The molecule has 0 spiro atoms. The van der Waals surface area contributed by atoms with E-state index in [1.54, 1.807) is 17.0 Å². The highest BCUT2D eigenvalue weighted by Gasteiger charge is 2.20. The first kappa shape index (κ1) is 15.0. The Bertz CT molecular complexity index is 465. The van der Waals surface area contributed by atoms with Gasteiger partial charge in [-0.05, 0) is 25.9 Å². The summed E-state index contributed by atoms with van der Waals surface area (Å²) in [4.78, 5) is 21.1. The van der Waals surface area contributed by atoms with Gasteiger partial charge in [-0.15, -0.1) is 0 Å². The van der Waals surface area contributed by atoms with Crippen LogP contribution in [0.5, 0.6) is 0 Å². The van der Waals surface area contributed by atoms with Crippen LogP contribution < -0.4 is 16.2 Å². The highest BCUT2D eigenvalue weighted by atomic mass is 16.1. The molecule has 20 heavy (non-hydrogen) atoms. The van der Waals surface area contributed by atoms with E-state index in [-0.39, 0.29) is 5.56 Å². The molecular formula is C14H25N5O. The van der Waals surface area contributed by atoms with Gasteiger partial charge >= 0.3 is 0 Å². The SMILES string of the molecule is CCCn1ccnc(N2CCN(CCCN)CC2)c1=O. The topological polar surface area (TPSA) is 67.4 Å². The van der Waals surface area contributed by atoms with Crippen molar-refractivity contribution in [1.82, 2.24) is 14.5 Å². The predicted molar refractivity (Wildman–Crippen MR) is 81.1 cm³/mol. The van der Waals surface area contributed by atoms with Crippen molar-refractivity contribution in [2.24, 2.45) is 5.73 Å². The maximum absolute atomic E-state index is 12.3. The zero-order valence-electron chi connectivity index (χ0n) is 12.3. The van der Waals surface area contributed by atoms with E-state index in [0.717, 1.165) is 58.7 Å². The molecule has 6 heteroatoms. The van der Waals surface area contributed by atoms with Crippen LogP contribution in [0.4, 0.5) is 5.82 Å². The number of rotatable bonds is 6. The minimum atomic E-state index is 0.0322. The minimum absolute atomic E-state index is 0.0322. The maximum Gasteiger partial charge on any atom is 0.293 e. The van der Waals surface area contributed by atoms with Gasteiger partial charge in [-0.25, -0.2) is 4.98 Å². The van der Waals surface area contributed by atoms with Gasteiger partial charge in [0.15, 0.2) is 5.82 Å². The standard InChI is InChI=1S/C14H25N5O/c1-2-6-19-8-5-16-13(14(19)20)18-11-9-17(10-12-18)7-3-4-15/h5,8H,2-4,6-7,9-12,15H2,1H3. The summed E-state index contributed by atoms with van der Waals surface area (Å²) in [5, 5.41) is 0. The molecule has 0 bridgehead atoms. The second-order valence-electron chi connectivity index (χ2n) is 5.22. The van der Waals surface area contributed by atoms with Crippen LogP contribution in [-0.2, 0) is 6.54 Å². The molecule has 2 N–H and O–H groups in total. The smallest absolute Gasteiger partial charge is 0.293 e. The Hall–Kier alpha value is -1.40. The highest BCUT2D eigenvalue weighted by molar-refractivity contribution is 5.36. The average Bonchev–Trinajstić information content (AvgIpc) is 2.48. The lowest BCUT2D eigenvalue weighted by Gasteiger charge is -2.35. The second kappa shape index (κ2) is 7.40. The van der Waals surface area contributed by atoms with Gasteiger partial charge in [0.2, 0.25) is 0 Å². The van der Waals surface area contributed by atoms with Crippen molar-refractivity contribution in [3.63, 3.8) is 0 Å². The zero-order chi connectivity index (χ0) is 14.4. The van der Waals surface area contributed by atoms with Crippen LogP contribution in [0, 0.1) is 0 Å². The molecule has 0 amide bonds. The normalized spacial score (nSPS) is 16.6. The molecule has 0 aliphatic carbocycles. The fraction of sp³-hybridized carbons (Fsp3) is 0.714. The van der Waals surface area contributed by atoms with Gasteiger partial charge in [-0.2, -0.15) is 0 Å². The van der Waals surface area contributed by atoms with Crippen molar-refractivity contribution >= 4 is 5.82 Å². The molecule has 0 aromatic carbocycles. The monoisotopic (exact) mass is 279 g/mol. The van der Waals surface area contributed by atoms with Crippen LogP contribution in [0.2, 0.25) is 0 Å². The summed E-state index contributed by atoms with van der Waals surface area (Å²) in [6.45, 7) is 8.29. The molecule has 6 nitrogen and oxygen atoms in total. The van der Waals surface area contributed by atoms with Crippen LogP contribution >= 0.6 is 0 Å². The molecule has 1 fully saturated rings. The van der Waals surface area contributed by atoms with E-state index in [1.807, 2.05) is 0 Å². The third kappa shape index (κ3) is 3.58. The molecule has 0 saturated carbocycles. The average molecular weight is 279 g/mol. The Morgan fingerprint density at radius 1 is 1.25 bits per heavy atom. The molecule has 112 valence electrons. The molecule has 1 aromatic heterocycles. The Kier molecular flexibility index (Phi) is 5.55. The quantitative estimate of drug-likeness (QED) is 0.801. The van der Waals surface area contributed by atoms with Gasteiger partial charge in [0.1, 0.15) is 0 Å². The van der Waals surface area contributed by atoms with Gasteiger partial charge in [0.05, 0.1) is 0 Å². The molecule has 0 atom stereocenters. The first-order valence-corrected chi connectivity index (χ1v) is 7.49. The van der Waals surface area contributed by atoms with Crippen LogP contribution in [0.3, 0.4) is 0 Å². The fourth-order valence-corrected chi connectivity index (χ4v) is 2.57. The Balaban J connectivity index is 2.00. The number of hydrogen-bond acceptors (Lipinski definition) is 5. The molecule has 1 saturated heterocycles. The molecule has 2 rings (SSSR count). The van der Waals surface area contributed by atoms with E-state index < -0.39 is 0 Å². The zero-order valence-corrected chi connectivity index (χ0v) is 12.3. The van der Waals surface area contributed by atoms with Gasteiger partial charge in [-0.1, -0.05) is 6.92 Å². The van der Waals surface area contributed by atoms with Gasteiger partial charge in [0, 0.05) is 45.1 Å². The van der Waals surface area contributed by atoms with E-state index in [9.17, 15) is 4.79 Å². The number of hydrogen-bond donors (Lipinski definition) is 1. The van der Waals surface area contributed by atoms with E-state index in [4.69, 9.17) is 5.73 Å². The molecule has 1 aliphatic heterocycles. The van der Waals surface area contributed by atoms with Crippen molar-refractivity contribution in [3.05, 3.63) is 22.7 Å². The second-order valence-corrected chi connectivity index (χ2v) is 5.22. The highest BCUT2D eigenvalue weighted by Crippen LogP contribution is 2.09. The first-order chi connectivity index (χ1) is 9.76. The van der Waals surface area contributed by atoms with E-state index in [2.05, 4.69) is 21.7 Å². The van der Waals surface area contributed by atoms with Gasteiger partial charge in [-0.3, -0.25) is 9.69 Å². The lowest BCUT2D eigenvalue weighted by Crippen LogP contribution is -2.49. The number of anilines is 1. The van der Waals surface area contributed by atoms with E-state index in [0.29, 0.717) is 5.82 Å². The minimum Gasteiger partial charge on any atom is -0.349 e. The maximum atomic E-state index is 12.3. The van der Waals surface area contributed by atoms with Crippen molar-refractivity contribution in [2.45, 2.75) is 26.3 Å². The third-order valence-corrected chi connectivity index (χ3v) is 3.71. The van der Waals surface area contributed by atoms with E-state index in [1.165, 1.54) is 0 Å². The Morgan fingerprint density at radius 2 is 2.00 bits per heavy atom. The lowest BCUT2D eigenvalue weighted by atomic mass is 10.3. The van der Waals surface area contributed by atoms with Crippen molar-refractivity contribution in [1.29, 1.82) is 0 Å². The number of nitrogens with zero attached hydrogens (tertiary/aromatic N) is 4. The largest absolute Gasteiger partial charge is 0.349 e. The summed E-state index contributed by atoms with van der Waals surface area (Å²) < 4.78 is 1.75. The van der Waals surface area contributed by atoms with E-state index >= 15 is 0 Å². The molecule has 2 heterocycles. The fourth-order valence-electron chi connectivity index (χ4n) is 2.57. The van der Waals surface area contributed by atoms with Crippen molar-refractivity contribution in [2.75, 3.05) is 44.2 Å². The summed E-state index contributed by atoms with van der Waals surface area (Å²) in [6, 6.07) is 0. The van der Waals surface area contributed by atoms with Crippen molar-refractivity contribution in [3.8, 4) is 0 Å². The van der Waals surface area contributed by atoms with Crippen LogP contribution in [-0.4, -0.2) is 53.7 Å². The van der Waals surface area contributed by atoms with Crippen LogP contribution in [0.25, 0.3) is 0 Å². The third-order valence-electron chi connectivity index (χ3n) is 3.71. The first-order valence-electron chi connectivity index (χ1n) is 7.49. The summed E-state index contributed by atoms with van der Waals surface area (Å²) in [7, 11) is 0.